The van der Waals surface area contributed by atoms with Crippen LogP contribution in [-0.2, 0) is 4.74 Å². The second-order valence-corrected chi connectivity index (χ2v) is 6.96. The molecule has 1 N–H and O–H groups in total. The molecule has 0 bridgehead atoms. The Morgan fingerprint density at radius 3 is 2.89 bits per heavy atom. The summed E-state index contributed by atoms with van der Waals surface area (Å²) in [6, 6.07) is 3.75. The fraction of sp³-hybridized carbons (Fsp3) is 0.389. The monoisotopic (exact) mass is 501 g/mol. The molecule has 0 aliphatic carbocycles. The van der Waals surface area contributed by atoms with Crippen molar-refractivity contribution in [1.29, 1.82) is 0 Å². The minimum absolute atomic E-state index is 0.215. The zero-order chi connectivity index (χ0) is 19.9. The molecule has 1 aliphatic rings. The number of halogens is 2. The van der Waals surface area contributed by atoms with E-state index in [2.05, 4.69) is 43.1 Å². The lowest BCUT2D eigenvalue weighted by atomic mass is 10.2. The zero-order valence-electron chi connectivity index (χ0n) is 15.6. The predicted molar refractivity (Wildman–Crippen MR) is 113 cm³/mol. The summed E-state index contributed by atoms with van der Waals surface area (Å²) in [5, 5.41) is 4.16. The highest BCUT2D eigenvalue weighted by molar-refractivity contribution is 14.1. The maximum Gasteiger partial charge on any atom is 0.245 e. The lowest BCUT2D eigenvalue weighted by Crippen LogP contribution is -2.37. The quantitative estimate of drug-likeness (QED) is 0.355. The Kier molecular flexibility index (Phi) is 7.20. The Morgan fingerprint density at radius 2 is 2.18 bits per heavy atom. The largest absolute Gasteiger partial charge is 0.492 e. The third-order valence-electron chi connectivity index (χ3n) is 3.95. The van der Waals surface area contributed by atoms with Gasteiger partial charge < -0.3 is 19.1 Å². The van der Waals surface area contributed by atoms with Crippen molar-refractivity contribution in [3.63, 3.8) is 0 Å². The van der Waals surface area contributed by atoms with Crippen LogP contribution in [0.3, 0.4) is 0 Å². The third kappa shape index (κ3) is 4.98. The molecule has 2 aromatic rings. The zero-order valence-corrected chi connectivity index (χ0v) is 17.8. The molecule has 28 heavy (non-hydrogen) atoms. The minimum atomic E-state index is -0.470. The van der Waals surface area contributed by atoms with E-state index < -0.39 is 5.82 Å². The Morgan fingerprint density at radius 1 is 1.39 bits per heavy atom. The lowest BCUT2D eigenvalue weighted by molar-refractivity contribution is 0.122. The fourth-order valence-electron chi connectivity index (χ4n) is 2.70. The van der Waals surface area contributed by atoms with Gasteiger partial charge in [0.2, 0.25) is 5.95 Å². The molecule has 0 spiro atoms. The van der Waals surface area contributed by atoms with E-state index >= 15 is 0 Å². The van der Waals surface area contributed by atoms with E-state index in [0.717, 1.165) is 15.3 Å². The fourth-order valence-corrected chi connectivity index (χ4v) is 3.54. The summed E-state index contributed by atoms with van der Waals surface area (Å²) in [7, 11) is 1.60. The number of nitrogens with zero attached hydrogens (tertiary/aromatic N) is 4. The van der Waals surface area contributed by atoms with E-state index in [4.69, 9.17) is 14.2 Å². The summed E-state index contributed by atoms with van der Waals surface area (Å²) in [4.78, 5) is 10.0. The van der Waals surface area contributed by atoms with Crippen LogP contribution < -0.4 is 19.8 Å². The molecule has 0 atom stereocenters. The number of hydrogen-bond acceptors (Lipinski definition) is 8. The summed E-state index contributed by atoms with van der Waals surface area (Å²) in [5.41, 5.74) is 3.56. The van der Waals surface area contributed by atoms with Gasteiger partial charge in [0, 0.05) is 13.1 Å². The van der Waals surface area contributed by atoms with Crippen molar-refractivity contribution >= 4 is 40.6 Å². The van der Waals surface area contributed by atoms with E-state index in [9.17, 15) is 4.39 Å². The molecule has 150 valence electrons. The number of methoxy groups -OCH3 is 1. The molecule has 1 aliphatic heterocycles. The molecule has 1 aromatic heterocycles. The molecule has 0 unspecified atom stereocenters. The number of hydrogen-bond donors (Lipinski definition) is 1. The Hall–Kier alpha value is -2.21. The highest BCUT2D eigenvalue weighted by atomic mass is 127. The van der Waals surface area contributed by atoms with Gasteiger partial charge in [0.25, 0.3) is 0 Å². The molecule has 2 heterocycles. The van der Waals surface area contributed by atoms with Crippen LogP contribution in [0, 0.1) is 9.39 Å². The van der Waals surface area contributed by atoms with Crippen LogP contribution in [0.25, 0.3) is 0 Å². The van der Waals surface area contributed by atoms with Gasteiger partial charge in [-0.15, -0.1) is 0 Å². The van der Waals surface area contributed by atoms with Crippen LogP contribution in [0.15, 0.2) is 23.4 Å². The van der Waals surface area contributed by atoms with Gasteiger partial charge in [0.15, 0.2) is 23.1 Å². The van der Waals surface area contributed by atoms with Crippen molar-refractivity contribution in [3.8, 4) is 11.5 Å². The smallest absolute Gasteiger partial charge is 0.245 e. The van der Waals surface area contributed by atoms with Crippen LogP contribution in [-0.4, -0.2) is 56.2 Å². The highest BCUT2D eigenvalue weighted by Crippen LogP contribution is 2.33. The first-order valence-electron chi connectivity index (χ1n) is 8.77. The maximum atomic E-state index is 14.1. The highest BCUT2D eigenvalue weighted by Gasteiger charge is 2.17. The first kappa shape index (κ1) is 20.5. The molecule has 0 radical (unpaired) electrons. The van der Waals surface area contributed by atoms with E-state index in [1.807, 2.05) is 24.0 Å². The molecule has 3 rings (SSSR count). The lowest BCUT2D eigenvalue weighted by Gasteiger charge is -2.27. The number of morpholine rings is 1. The van der Waals surface area contributed by atoms with Crippen molar-refractivity contribution in [2.75, 3.05) is 50.3 Å². The average Bonchev–Trinajstić information content (AvgIpc) is 2.70. The first-order chi connectivity index (χ1) is 13.6. The molecule has 10 heteroatoms. The van der Waals surface area contributed by atoms with Crippen molar-refractivity contribution < 1.29 is 18.6 Å². The van der Waals surface area contributed by atoms with E-state index in [1.165, 1.54) is 0 Å². The predicted octanol–water partition coefficient (Wildman–Crippen LogP) is 2.91. The topological polar surface area (TPSA) is 81.1 Å². The number of anilines is 2. The molecule has 8 nitrogen and oxygen atoms in total. The normalized spacial score (nSPS) is 14.4. The van der Waals surface area contributed by atoms with Crippen LogP contribution in [0.1, 0.15) is 12.5 Å². The molecule has 0 saturated carbocycles. The first-order valence-corrected chi connectivity index (χ1v) is 9.85. The summed E-state index contributed by atoms with van der Waals surface area (Å²) < 4.78 is 31.3. The van der Waals surface area contributed by atoms with Crippen molar-refractivity contribution in [2.45, 2.75) is 6.92 Å². The standard InChI is InChI=1S/C18H21FIN5O3/c1-3-28-15-9-12(8-14(20)16(15)26-2)10-22-24-18-21-11-13(19)17(23-18)25-4-6-27-7-5-25/h8-11H,3-7H2,1-2H3,(H,21,23,24)/b22-10-. The van der Waals surface area contributed by atoms with Crippen molar-refractivity contribution in [1.82, 2.24) is 9.97 Å². The Labute approximate surface area is 176 Å². The van der Waals surface area contributed by atoms with E-state index in [1.54, 1.807) is 13.3 Å². The molecule has 1 aromatic carbocycles. The third-order valence-corrected chi connectivity index (χ3v) is 4.75. The van der Waals surface area contributed by atoms with Gasteiger partial charge in [-0.3, -0.25) is 0 Å². The van der Waals surface area contributed by atoms with Crippen LogP contribution in [0.5, 0.6) is 11.5 Å². The van der Waals surface area contributed by atoms with Gasteiger partial charge in [-0.05, 0) is 47.2 Å². The summed E-state index contributed by atoms with van der Waals surface area (Å²) >= 11 is 2.18. The number of ether oxygens (including phenoxy) is 3. The molecular formula is C18H21FIN5O3. The van der Waals surface area contributed by atoms with Gasteiger partial charge >= 0.3 is 0 Å². The van der Waals surface area contributed by atoms with Gasteiger partial charge in [-0.2, -0.15) is 10.1 Å². The minimum Gasteiger partial charge on any atom is -0.492 e. The number of rotatable bonds is 7. The number of aromatic nitrogens is 2. The Bertz CT molecular complexity index is 846. The summed E-state index contributed by atoms with van der Waals surface area (Å²) in [6.07, 6.45) is 2.75. The molecular weight excluding hydrogens is 480 g/mol. The summed E-state index contributed by atoms with van der Waals surface area (Å²) in [5.74, 6) is 1.32. The van der Waals surface area contributed by atoms with Gasteiger partial charge in [0.05, 0.1) is 42.9 Å². The number of hydrazone groups is 1. The number of benzene rings is 1. The van der Waals surface area contributed by atoms with Crippen molar-refractivity contribution in [3.05, 3.63) is 33.3 Å². The maximum absolute atomic E-state index is 14.1. The van der Waals surface area contributed by atoms with Crippen molar-refractivity contribution in [2.24, 2.45) is 5.10 Å². The molecule has 1 fully saturated rings. The van der Waals surface area contributed by atoms with Crippen LogP contribution in [0.4, 0.5) is 16.2 Å². The molecule has 1 saturated heterocycles. The SMILES string of the molecule is CCOc1cc(/C=N\Nc2ncc(F)c(N3CCOCC3)n2)cc(I)c1OC. The average molecular weight is 501 g/mol. The van der Waals surface area contributed by atoms with Gasteiger partial charge in [0.1, 0.15) is 0 Å². The van der Waals surface area contributed by atoms with Gasteiger partial charge in [-0.1, -0.05) is 0 Å². The molecule has 0 amide bonds. The second-order valence-electron chi connectivity index (χ2n) is 5.80. The van der Waals surface area contributed by atoms with Gasteiger partial charge in [-0.25, -0.2) is 14.8 Å². The Balaban J connectivity index is 1.74. The van der Waals surface area contributed by atoms with E-state index in [0.29, 0.717) is 44.4 Å². The van der Waals surface area contributed by atoms with E-state index in [-0.39, 0.29) is 11.8 Å². The summed E-state index contributed by atoms with van der Waals surface area (Å²) in [6.45, 7) is 4.69. The van der Waals surface area contributed by atoms with Crippen LogP contribution >= 0.6 is 22.6 Å². The second kappa shape index (κ2) is 9.82. The van der Waals surface area contributed by atoms with Crippen LogP contribution in [0.2, 0.25) is 0 Å². The number of nitrogens with one attached hydrogen (secondary N) is 1.